The molecule has 0 bridgehead atoms. The predicted molar refractivity (Wildman–Crippen MR) is 198 cm³/mol. The molecular weight excluding hydrogens is 818 g/mol. The molecule has 44 heavy (non-hydrogen) atoms. The van der Waals surface area contributed by atoms with Crippen LogP contribution in [-0.2, 0) is 6.61 Å². The Morgan fingerprint density at radius 2 is 1.66 bits per heavy atom. The number of halogens is 3. The van der Waals surface area contributed by atoms with E-state index in [1.807, 2.05) is 66.0 Å². The number of hydrazone groups is 1. The fourth-order valence-electron chi connectivity index (χ4n) is 4.50. The SMILES string of the molecule is O=C(N/N=C\c1cc(I)c(OCc2cccc3ccccc23)c(I)c1)c1ccc(-c2csc(Nc3ccc(Cl)cc3)n2)cc1. The summed E-state index contributed by atoms with van der Waals surface area (Å²) in [6.07, 6.45) is 1.63. The third-order valence-electron chi connectivity index (χ3n) is 6.69. The molecule has 10 heteroatoms. The van der Waals surface area contributed by atoms with Crippen molar-refractivity contribution in [1.29, 1.82) is 0 Å². The van der Waals surface area contributed by atoms with E-state index >= 15 is 0 Å². The Kier molecular flexibility index (Phi) is 9.75. The standard InChI is InChI=1S/C34H23ClI2N4O2S/c35-26-12-14-27(15-13-26)39-34-40-31(20-44-34)23-8-10-24(11-9-23)33(42)41-38-18-21-16-29(36)32(30(37)17-21)43-19-25-6-3-5-22-4-1-2-7-28(22)25/h1-18,20H,19H2,(H,39,40)(H,41,42)/b38-18-. The van der Waals surface area contributed by atoms with Gasteiger partial charge in [-0.3, -0.25) is 4.79 Å². The van der Waals surface area contributed by atoms with E-state index in [4.69, 9.17) is 16.3 Å². The minimum absolute atomic E-state index is 0.296. The maximum Gasteiger partial charge on any atom is 0.271 e. The van der Waals surface area contributed by atoms with Crippen LogP contribution >= 0.6 is 68.1 Å². The molecular formula is C34H23ClI2N4O2S. The molecule has 2 N–H and O–H groups in total. The summed E-state index contributed by atoms with van der Waals surface area (Å²) in [7, 11) is 0. The van der Waals surface area contributed by atoms with Gasteiger partial charge in [0.1, 0.15) is 12.4 Å². The summed E-state index contributed by atoms with van der Waals surface area (Å²) in [6.45, 7) is 0.472. The largest absolute Gasteiger partial charge is 0.487 e. The number of aromatic nitrogens is 1. The topological polar surface area (TPSA) is 75.6 Å². The van der Waals surface area contributed by atoms with Gasteiger partial charge >= 0.3 is 0 Å². The molecule has 0 radical (unpaired) electrons. The number of nitrogens with zero attached hydrogens (tertiary/aromatic N) is 2. The zero-order chi connectivity index (χ0) is 30.5. The Hall–Kier alpha value is -3.52. The Balaban J connectivity index is 1.05. The maximum absolute atomic E-state index is 12.7. The highest BCUT2D eigenvalue weighted by Crippen LogP contribution is 2.31. The third kappa shape index (κ3) is 7.40. The number of anilines is 2. The van der Waals surface area contributed by atoms with Crippen LogP contribution < -0.4 is 15.5 Å². The van der Waals surface area contributed by atoms with Gasteiger partial charge in [-0.1, -0.05) is 66.2 Å². The van der Waals surface area contributed by atoms with Gasteiger partial charge in [0, 0.05) is 27.2 Å². The number of fused-ring (bicyclic) bond motifs is 1. The average molecular weight is 841 g/mol. The van der Waals surface area contributed by atoms with E-state index in [0.29, 0.717) is 17.2 Å². The monoisotopic (exact) mass is 840 g/mol. The Bertz CT molecular complexity index is 1950. The van der Waals surface area contributed by atoms with Crippen molar-refractivity contribution in [2.45, 2.75) is 6.61 Å². The van der Waals surface area contributed by atoms with Crippen LogP contribution in [0.1, 0.15) is 21.5 Å². The molecule has 5 aromatic carbocycles. The van der Waals surface area contributed by atoms with Crippen molar-refractivity contribution in [3.63, 3.8) is 0 Å². The normalized spacial score (nSPS) is 11.2. The minimum Gasteiger partial charge on any atom is -0.487 e. The minimum atomic E-state index is -0.296. The Morgan fingerprint density at radius 3 is 2.43 bits per heavy atom. The fraction of sp³-hybridized carbons (Fsp3) is 0.0294. The molecule has 218 valence electrons. The van der Waals surface area contributed by atoms with Gasteiger partial charge in [-0.15, -0.1) is 11.3 Å². The molecule has 0 aliphatic heterocycles. The average Bonchev–Trinajstić information content (AvgIpc) is 3.50. The first kappa shape index (κ1) is 30.5. The van der Waals surface area contributed by atoms with Crippen LogP contribution in [0.3, 0.4) is 0 Å². The van der Waals surface area contributed by atoms with Crippen LogP contribution in [-0.4, -0.2) is 17.1 Å². The lowest BCUT2D eigenvalue weighted by Crippen LogP contribution is -2.17. The molecule has 1 aromatic heterocycles. The molecule has 1 heterocycles. The molecule has 0 saturated heterocycles. The van der Waals surface area contributed by atoms with Crippen molar-refractivity contribution in [1.82, 2.24) is 10.4 Å². The first-order valence-electron chi connectivity index (χ1n) is 13.4. The van der Waals surface area contributed by atoms with Gasteiger partial charge in [-0.25, -0.2) is 10.4 Å². The molecule has 6 aromatic rings. The lowest BCUT2D eigenvalue weighted by Gasteiger charge is -2.13. The summed E-state index contributed by atoms with van der Waals surface area (Å²) in [5.41, 5.74) is 7.77. The number of thiazole rings is 1. The Labute approximate surface area is 290 Å². The van der Waals surface area contributed by atoms with E-state index in [2.05, 4.69) is 96.3 Å². The van der Waals surface area contributed by atoms with Crippen molar-refractivity contribution in [2.24, 2.45) is 5.10 Å². The molecule has 0 saturated carbocycles. The van der Waals surface area contributed by atoms with E-state index in [-0.39, 0.29) is 5.91 Å². The zero-order valence-corrected chi connectivity index (χ0v) is 28.8. The number of benzene rings is 5. The van der Waals surface area contributed by atoms with E-state index in [1.54, 1.807) is 18.3 Å². The van der Waals surface area contributed by atoms with Gasteiger partial charge in [0.05, 0.1) is 19.0 Å². The van der Waals surface area contributed by atoms with Crippen LogP contribution in [0.25, 0.3) is 22.0 Å². The first-order chi connectivity index (χ1) is 21.4. The number of carbonyl (C=O) groups excluding carboxylic acids is 1. The quantitative estimate of drug-likeness (QED) is 0.0864. The van der Waals surface area contributed by atoms with Gasteiger partial charge in [0.25, 0.3) is 5.91 Å². The molecule has 0 aliphatic rings. The van der Waals surface area contributed by atoms with Gasteiger partial charge in [-0.05, 0) is 116 Å². The van der Waals surface area contributed by atoms with Crippen molar-refractivity contribution in [2.75, 3.05) is 5.32 Å². The highest BCUT2D eigenvalue weighted by Gasteiger charge is 2.11. The second-order valence-corrected chi connectivity index (χ2v) is 13.3. The second-order valence-electron chi connectivity index (χ2n) is 9.69. The molecule has 0 aliphatic carbocycles. The second kappa shape index (κ2) is 14.1. The van der Waals surface area contributed by atoms with E-state index < -0.39 is 0 Å². The first-order valence-corrected chi connectivity index (χ1v) is 16.8. The van der Waals surface area contributed by atoms with E-state index in [1.165, 1.54) is 22.1 Å². The number of carbonyl (C=O) groups is 1. The van der Waals surface area contributed by atoms with Gasteiger partial charge in [-0.2, -0.15) is 5.10 Å². The van der Waals surface area contributed by atoms with Crippen molar-refractivity contribution in [3.05, 3.63) is 137 Å². The number of rotatable bonds is 9. The number of ether oxygens (including phenoxy) is 1. The van der Waals surface area contributed by atoms with E-state index in [9.17, 15) is 4.79 Å². The molecule has 1 amide bonds. The van der Waals surface area contributed by atoms with Gasteiger partial charge < -0.3 is 10.1 Å². The molecule has 6 rings (SSSR count). The third-order valence-corrected chi connectivity index (χ3v) is 9.31. The summed E-state index contributed by atoms with van der Waals surface area (Å²) in [6, 6.07) is 33.3. The molecule has 0 unspecified atom stereocenters. The van der Waals surface area contributed by atoms with Gasteiger partial charge in [0.2, 0.25) is 0 Å². The summed E-state index contributed by atoms with van der Waals surface area (Å²) < 4.78 is 8.18. The van der Waals surface area contributed by atoms with Crippen molar-refractivity contribution >= 4 is 102 Å². The maximum atomic E-state index is 12.7. The van der Waals surface area contributed by atoms with Crippen LogP contribution in [0.2, 0.25) is 5.02 Å². The Morgan fingerprint density at radius 1 is 0.932 bits per heavy atom. The number of hydrogen-bond acceptors (Lipinski definition) is 6. The number of nitrogens with one attached hydrogen (secondary N) is 2. The highest BCUT2D eigenvalue weighted by atomic mass is 127. The molecule has 0 atom stereocenters. The van der Waals surface area contributed by atoms with E-state index in [0.717, 1.165) is 46.1 Å². The molecule has 0 spiro atoms. The van der Waals surface area contributed by atoms with Crippen molar-refractivity contribution < 1.29 is 9.53 Å². The molecule has 6 nitrogen and oxygen atoms in total. The zero-order valence-electron chi connectivity index (χ0n) is 22.9. The van der Waals surface area contributed by atoms with Gasteiger partial charge in [0.15, 0.2) is 5.13 Å². The van der Waals surface area contributed by atoms with Crippen LogP contribution in [0.4, 0.5) is 10.8 Å². The summed E-state index contributed by atoms with van der Waals surface area (Å²) in [4.78, 5) is 17.4. The number of amides is 1. The summed E-state index contributed by atoms with van der Waals surface area (Å²) in [5.74, 6) is 0.531. The van der Waals surface area contributed by atoms with Crippen molar-refractivity contribution in [3.8, 4) is 17.0 Å². The smallest absolute Gasteiger partial charge is 0.271 e. The van der Waals surface area contributed by atoms with Crippen LogP contribution in [0, 0.1) is 7.14 Å². The fourth-order valence-corrected chi connectivity index (χ4v) is 7.50. The van der Waals surface area contributed by atoms with Crippen LogP contribution in [0.5, 0.6) is 5.75 Å². The lowest BCUT2D eigenvalue weighted by molar-refractivity contribution is 0.0955. The lowest BCUT2D eigenvalue weighted by atomic mass is 10.1. The summed E-state index contributed by atoms with van der Waals surface area (Å²) in [5, 5.41) is 13.3. The summed E-state index contributed by atoms with van der Waals surface area (Å²) >= 11 is 12.0. The van der Waals surface area contributed by atoms with Crippen LogP contribution in [0.15, 0.2) is 114 Å². The predicted octanol–water partition coefficient (Wildman–Crippen LogP) is 9.91. The number of hydrogen-bond donors (Lipinski definition) is 2. The highest BCUT2D eigenvalue weighted by molar-refractivity contribution is 14.1. The molecule has 0 fully saturated rings.